The summed E-state index contributed by atoms with van der Waals surface area (Å²) in [6.45, 7) is -0.0880. The Morgan fingerprint density at radius 1 is 0.933 bits per heavy atom. The molecule has 2 atom stereocenters. The number of likely N-dealkylation sites (tertiary alicyclic amines) is 1. The van der Waals surface area contributed by atoms with Crippen molar-refractivity contribution >= 4 is 50.3 Å². The van der Waals surface area contributed by atoms with Gasteiger partial charge in [-0.15, -0.1) is 0 Å². The van der Waals surface area contributed by atoms with Gasteiger partial charge in [-0.3, -0.25) is 14.4 Å². The summed E-state index contributed by atoms with van der Waals surface area (Å²) < 4.78 is 87.3. The van der Waals surface area contributed by atoms with Gasteiger partial charge in [0.25, 0.3) is 11.8 Å². The van der Waals surface area contributed by atoms with Gasteiger partial charge >= 0.3 is 12.4 Å². The Labute approximate surface area is 265 Å². The third kappa shape index (κ3) is 7.52. The molecule has 5 rings (SSSR count). The van der Waals surface area contributed by atoms with E-state index in [2.05, 4.69) is 21.2 Å². The molecule has 1 saturated heterocycles. The zero-order valence-electron chi connectivity index (χ0n) is 22.9. The van der Waals surface area contributed by atoms with E-state index < -0.39 is 58.4 Å². The second kappa shape index (κ2) is 12.5. The van der Waals surface area contributed by atoms with Crippen molar-refractivity contribution in [2.75, 3.05) is 6.54 Å². The van der Waals surface area contributed by atoms with Gasteiger partial charge in [-0.1, -0.05) is 39.7 Å². The van der Waals surface area contributed by atoms with Gasteiger partial charge in [-0.25, -0.2) is 0 Å². The van der Waals surface area contributed by atoms with Gasteiger partial charge in [0, 0.05) is 39.8 Å². The van der Waals surface area contributed by atoms with Crippen molar-refractivity contribution in [3.63, 3.8) is 0 Å². The average Bonchev–Trinajstić information content (AvgIpc) is 2.97. The minimum atomic E-state index is -5.12. The predicted molar refractivity (Wildman–Crippen MR) is 157 cm³/mol. The first kappa shape index (κ1) is 32.6. The molecule has 2 amide bonds. The van der Waals surface area contributed by atoms with Crippen molar-refractivity contribution in [2.45, 2.75) is 43.7 Å². The molecule has 0 bridgehead atoms. The maximum absolute atomic E-state index is 13.6. The lowest BCUT2D eigenvalue weighted by Gasteiger charge is -2.40. The van der Waals surface area contributed by atoms with Gasteiger partial charge in [0.1, 0.15) is 5.58 Å². The van der Waals surface area contributed by atoms with Crippen molar-refractivity contribution in [1.29, 1.82) is 0 Å². The van der Waals surface area contributed by atoms with Crippen LogP contribution in [0.3, 0.4) is 0 Å². The van der Waals surface area contributed by atoms with Crippen molar-refractivity contribution in [1.82, 2.24) is 10.2 Å². The molecule has 0 radical (unpaired) electrons. The van der Waals surface area contributed by atoms with Crippen molar-refractivity contribution in [2.24, 2.45) is 0 Å². The maximum Gasteiger partial charge on any atom is 0.416 e. The minimum Gasteiger partial charge on any atom is -0.451 e. The Morgan fingerprint density at radius 2 is 1.58 bits per heavy atom. The predicted octanol–water partition coefficient (Wildman–Crippen LogP) is 7.89. The number of nitrogens with zero attached hydrogens (tertiary/aromatic N) is 1. The molecular weight excluding hydrogens is 694 g/mol. The molecule has 1 aliphatic rings. The Bertz CT molecular complexity index is 1790. The van der Waals surface area contributed by atoms with Gasteiger partial charge in [-0.2, -0.15) is 26.3 Å². The molecule has 1 N–H and O–H groups in total. The normalized spacial score (nSPS) is 17.4. The SMILES string of the molecule is O=C(NC1CCN(C(=O)c2cc(C(F)(F)F)cc(C(F)(F)F)c2)C(Cc2ccc(Cl)cc2)C1)c1cc(=O)c2cc(Br)ccc2o1. The second-order valence-corrected chi connectivity index (χ2v) is 11.9. The number of nitrogens with one attached hydrogen (secondary N) is 1. The van der Waals surface area contributed by atoms with Gasteiger partial charge in [0.2, 0.25) is 0 Å². The van der Waals surface area contributed by atoms with Crippen LogP contribution in [0.4, 0.5) is 26.3 Å². The number of hydrogen-bond acceptors (Lipinski definition) is 4. The van der Waals surface area contributed by atoms with E-state index in [1.807, 2.05) is 0 Å². The minimum absolute atomic E-state index is 0.0340. The largest absolute Gasteiger partial charge is 0.451 e. The van der Waals surface area contributed by atoms with Crippen LogP contribution in [0.15, 0.2) is 80.4 Å². The van der Waals surface area contributed by atoms with Crippen LogP contribution in [0.25, 0.3) is 11.0 Å². The molecule has 4 aromatic rings. The first-order valence-electron chi connectivity index (χ1n) is 13.5. The first-order chi connectivity index (χ1) is 21.1. The number of rotatable bonds is 5. The highest BCUT2D eigenvalue weighted by Gasteiger charge is 2.39. The molecule has 14 heteroatoms. The highest BCUT2D eigenvalue weighted by Crippen LogP contribution is 2.37. The topological polar surface area (TPSA) is 79.6 Å². The molecule has 236 valence electrons. The molecule has 1 aromatic heterocycles. The fourth-order valence-corrected chi connectivity index (χ4v) is 5.76. The highest BCUT2D eigenvalue weighted by atomic mass is 79.9. The van der Waals surface area contributed by atoms with Crippen LogP contribution in [0.5, 0.6) is 0 Å². The molecule has 0 aliphatic carbocycles. The fraction of sp³-hybridized carbons (Fsp3) is 0.258. The van der Waals surface area contributed by atoms with Crippen LogP contribution >= 0.6 is 27.5 Å². The lowest BCUT2D eigenvalue weighted by molar-refractivity contribution is -0.143. The summed E-state index contributed by atoms with van der Waals surface area (Å²) in [6, 6.07) is 11.8. The van der Waals surface area contributed by atoms with Crippen molar-refractivity contribution < 1.29 is 40.3 Å². The molecule has 1 aliphatic heterocycles. The number of benzene rings is 3. The summed E-state index contributed by atoms with van der Waals surface area (Å²) in [4.78, 5) is 40.5. The number of hydrogen-bond donors (Lipinski definition) is 1. The van der Waals surface area contributed by atoms with Gasteiger partial charge in [0.05, 0.1) is 16.5 Å². The van der Waals surface area contributed by atoms with Gasteiger partial charge in [0.15, 0.2) is 11.2 Å². The highest BCUT2D eigenvalue weighted by molar-refractivity contribution is 9.10. The standard InChI is InChI=1S/C31H22BrClF6N2O4/c32-20-3-6-26-24(13-20)25(42)15-27(45-26)28(43)40-22-7-8-41(23(14-22)9-16-1-4-21(33)5-2-16)29(44)17-10-18(30(34,35)36)12-19(11-17)31(37,38)39/h1-6,10-13,15,22-23H,7-9,14H2,(H,40,43). The maximum atomic E-state index is 13.6. The van der Waals surface area contributed by atoms with Crippen molar-refractivity contribution in [3.8, 4) is 0 Å². The van der Waals surface area contributed by atoms with Crippen LogP contribution in [0.2, 0.25) is 5.02 Å². The van der Waals surface area contributed by atoms with Crippen molar-refractivity contribution in [3.05, 3.63) is 114 Å². The third-order valence-electron chi connectivity index (χ3n) is 7.44. The number of alkyl halides is 6. The molecule has 3 aromatic carbocycles. The van der Waals surface area contributed by atoms with Crippen LogP contribution < -0.4 is 10.7 Å². The lowest BCUT2D eigenvalue weighted by atomic mass is 9.91. The molecule has 45 heavy (non-hydrogen) atoms. The number of halogens is 8. The third-order valence-corrected chi connectivity index (χ3v) is 8.19. The molecular formula is C31H22BrClF6N2O4. The zero-order valence-corrected chi connectivity index (χ0v) is 25.3. The zero-order chi connectivity index (χ0) is 32.7. The first-order valence-corrected chi connectivity index (χ1v) is 14.6. The van der Waals surface area contributed by atoms with Crippen LogP contribution in [-0.2, 0) is 18.8 Å². The molecule has 0 spiro atoms. The average molecular weight is 716 g/mol. The van der Waals surface area contributed by atoms with Crippen LogP contribution in [0.1, 0.15) is 50.4 Å². The Balaban J connectivity index is 1.43. The van der Waals surface area contributed by atoms with Gasteiger partial charge in [-0.05, 0) is 73.4 Å². The van der Waals surface area contributed by atoms with Crippen LogP contribution in [-0.4, -0.2) is 35.3 Å². The Hall–Kier alpha value is -3.84. The molecule has 1 fully saturated rings. The van der Waals surface area contributed by atoms with Crippen LogP contribution in [0, 0.1) is 0 Å². The summed E-state index contributed by atoms with van der Waals surface area (Å²) in [5.74, 6) is -1.95. The summed E-state index contributed by atoms with van der Waals surface area (Å²) in [5.41, 5.74) is -3.51. The van der Waals surface area contributed by atoms with E-state index in [0.717, 1.165) is 6.07 Å². The number of carbonyl (C=O) groups is 2. The molecule has 2 unspecified atom stereocenters. The molecule has 6 nitrogen and oxygen atoms in total. The summed E-state index contributed by atoms with van der Waals surface area (Å²) in [5, 5.41) is 3.48. The van der Waals surface area contributed by atoms with E-state index in [4.69, 9.17) is 16.0 Å². The Morgan fingerprint density at radius 3 is 2.20 bits per heavy atom. The fourth-order valence-electron chi connectivity index (χ4n) is 5.28. The summed E-state index contributed by atoms with van der Waals surface area (Å²) in [6.07, 6.45) is -9.84. The summed E-state index contributed by atoms with van der Waals surface area (Å²) in [7, 11) is 0. The van der Waals surface area contributed by atoms with E-state index in [9.17, 15) is 40.7 Å². The van der Waals surface area contributed by atoms with E-state index in [1.54, 1.807) is 36.4 Å². The second-order valence-electron chi connectivity index (χ2n) is 10.6. The lowest BCUT2D eigenvalue weighted by Crippen LogP contribution is -2.52. The monoisotopic (exact) mass is 714 g/mol. The van der Waals surface area contributed by atoms with E-state index in [1.165, 1.54) is 11.0 Å². The van der Waals surface area contributed by atoms with E-state index in [0.29, 0.717) is 27.2 Å². The van der Waals surface area contributed by atoms with Gasteiger partial charge < -0.3 is 14.6 Å². The number of carbonyl (C=O) groups excluding carboxylic acids is 2. The quantitative estimate of drug-likeness (QED) is 0.213. The number of piperidine rings is 1. The Kier molecular flexibility index (Phi) is 9.05. The van der Waals surface area contributed by atoms with E-state index in [-0.39, 0.29) is 48.6 Å². The number of fused-ring (bicyclic) bond motifs is 1. The molecule has 2 heterocycles. The number of amides is 2. The summed E-state index contributed by atoms with van der Waals surface area (Å²) >= 11 is 9.25. The van der Waals surface area contributed by atoms with E-state index >= 15 is 0 Å². The smallest absolute Gasteiger partial charge is 0.416 e. The molecule has 0 saturated carbocycles.